The fourth-order valence-electron chi connectivity index (χ4n) is 1.31. The van der Waals surface area contributed by atoms with Crippen molar-refractivity contribution in [1.29, 1.82) is 0 Å². The fourth-order valence-corrected chi connectivity index (χ4v) is 1.31. The Morgan fingerprint density at radius 1 is 1.40 bits per heavy atom. The molecular weight excluding hydrogens is 198 g/mol. The number of likely N-dealkylation sites (tertiary alicyclic amines) is 1. The van der Waals surface area contributed by atoms with E-state index in [0.29, 0.717) is 0 Å². The normalized spacial score (nSPS) is 19.3. The average molecular weight is 215 g/mol. The van der Waals surface area contributed by atoms with Gasteiger partial charge in [-0.2, -0.15) is 0 Å². The Hall–Kier alpha value is -1.10. The van der Waals surface area contributed by atoms with Crippen LogP contribution in [0.25, 0.3) is 0 Å². The molecule has 0 aromatic rings. The number of carbonyl (C=O) groups excluding carboxylic acids is 2. The summed E-state index contributed by atoms with van der Waals surface area (Å²) in [4.78, 5) is 23.6. The smallest absolute Gasteiger partial charge is 0.410 e. The molecule has 0 spiro atoms. The molecule has 0 radical (unpaired) electrons. The van der Waals surface area contributed by atoms with Gasteiger partial charge in [0.25, 0.3) is 0 Å². The fraction of sp³-hybridized carbons (Fsp3) is 0.800. The monoisotopic (exact) mass is 215 g/mol. The van der Waals surface area contributed by atoms with Crippen molar-refractivity contribution in [3.8, 4) is 0 Å². The SMILES string of the molecule is COC1(C=O)CN(C(=O)OC(C)(C)C)C1. The molecule has 0 saturated carbocycles. The first kappa shape index (κ1) is 12.0. The Bertz CT molecular complexity index is 263. The second-order valence-corrected chi connectivity index (χ2v) is 4.72. The Balaban J connectivity index is 2.45. The second kappa shape index (κ2) is 3.81. The van der Waals surface area contributed by atoms with E-state index in [1.807, 2.05) is 0 Å². The van der Waals surface area contributed by atoms with Crippen LogP contribution in [-0.4, -0.2) is 48.7 Å². The largest absolute Gasteiger partial charge is 0.444 e. The molecule has 0 aromatic carbocycles. The van der Waals surface area contributed by atoms with E-state index in [-0.39, 0.29) is 13.1 Å². The molecule has 0 atom stereocenters. The predicted octanol–water partition coefficient (Wildman–Crippen LogP) is 0.821. The number of amides is 1. The molecule has 15 heavy (non-hydrogen) atoms. The van der Waals surface area contributed by atoms with Crippen LogP contribution in [0.2, 0.25) is 0 Å². The summed E-state index contributed by atoms with van der Waals surface area (Å²) < 4.78 is 10.2. The Kier molecular flexibility index (Phi) is 3.04. The number of hydrogen-bond donors (Lipinski definition) is 0. The van der Waals surface area contributed by atoms with Gasteiger partial charge in [-0.05, 0) is 20.8 Å². The zero-order valence-electron chi connectivity index (χ0n) is 9.57. The number of aldehydes is 1. The molecule has 0 aliphatic carbocycles. The highest BCUT2D eigenvalue weighted by molar-refractivity contribution is 5.75. The summed E-state index contributed by atoms with van der Waals surface area (Å²) >= 11 is 0. The number of carbonyl (C=O) groups is 2. The quantitative estimate of drug-likeness (QED) is 0.640. The highest BCUT2D eigenvalue weighted by atomic mass is 16.6. The first-order chi connectivity index (χ1) is 6.82. The van der Waals surface area contributed by atoms with Gasteiger partial charge in [0.2, 0.25) is 0 Å². The van der Waals surface area contributed by atoms with Crippen molar-refractivity contribution in [2.45, 2.75) is 32.0 Å². The van der Waals surface area contributed by atoms with Crippen molar-refractivity contribution in [2.24, 2.45) is 0 Å². The minimum Gasteiger partial charge on any atom is -0.444 e. The van der Waals surface area contributed by atoms with Crippen LogP contribution in [0.4, 0.5) is 4.79 Å². The van der Waals surface area contributed by atoms with Crippen molar-refractivity contribution in [3.63, 3.8) is 0 Å². The summed E-state index contributed by atoms with van der Waals surface area (Å²) in [6, 6.07) is 0. The van der Waals surface area contributed by atoms with Crippen LogP contribution < -0.4 is 0 Å². The number of hydrogen-bond acceptors (Lipinski definition) is 4. The van der Waals surface area contributed by atoms with Crippen LogP contribution in [-0.2, 0) is 14.3 Å². The highest BCUT2D eigenvalue weighted by Crippen LogP contribution is 2.24. The van der Waals surface area contributed by atoms with Crippen LogP contribution in [0, 0.1) is 0 Å². The third-order valence-electron chi connectivity index (χ3n) is 2.19. The average Bonchev–Trinajstić information content (AvgIpc) is 2.00. The summed E-state index contributed by atoms with van der Waals surface area (Å²) in [5.74, 6) is 0. The van der Waals surface area contributed by atoms with Crippen LogP contribution in [0.1, 0.15) is 20.8 Å². The molecule has 86 valence electrons. The molecule has 0 unspecified atom stereocenters. The summed E-state index contributed by atoms with van der Waals surface area (Å²) in [6.07, 6.45) is 0.324. The van der Waals surface area contributed by atoms with Gasteiger partial charge in [0.15, 0.2) is 11.9 Å². The van der Waals surface area contributed by atoms with Gasteiger partial charge in [0.05, 0.1) is 13.1 Å². The highest BCUT2D eigenvalue weighted by Gasteiger charge is 2.47. The molecule has 0 bridgehead atoms. The summed E-state index contributed by atoms with van der Waals surface area (Å²) in [5, 5.41) is 0. The van der Waals surface area contributed by atoms with Gasteiger partial charge in [-0.15, -0.1) is 0 Å². The zero-order chi connectivity index (χ0) is 11.7. The van der Waals surface area contributed by atoms with E-state index in [0.717, 1.165) is 6.29 Å². The van der Waals surface area contributed by atoms with Crippen molar-refractivity contribution in [3.05, 3.63) is 0 Å². The minimum absolute atomic E-state index is 0.266. The van der Waals surface area contributed by atoms with Gasteiger partial charge in [-0.3, -0.25) is 4.79 Å². The van der Waals surface area contributed by atoms with Crippen molar-refractivity contribution < 1.29 is 19.1 Å². The Morgan fingerprint density at radius 2 is 1.93 bits per heavy atom. The first-order valence-electron chi connectivity index (χ1n) is 4.81. The molecule has 1 rings (SSSR count). The van der Waals surface area contributed by atoms with Crippen LogP contribution >= 0.6 is 0 Å². The van der Waals surface area contributed by atoms with Crippen molar-refractivity contribution in [1.82, 2.24) is 4.90 Å². The number of nitrogens with zero attached hydrogens (tertiary/aromatic N) is 1. The van der Waals surface area contributed by atoms with E-state index in [1.165, 1.54) is 12.0 Å². The lowest BCUT2D eigenvalue weighted by Crippen LogP contribution is -2.65. The number of ether oxygens (including phenoxy) is 2. The van der Waals surface area contributed by atoms with E-state index < -0.39 is 17.3 Å². The van der Waals surface area contributed by atoms with E-state index in [9.17, 15) is 9.59 Å². The van der Waals surface area contributed by atoms with E-state index in [4.69, 9.17) is 9.47 Å². The molecule has 1 heterocycles. The third kappa shape index (κ3) is 2.68. The maximum atomic E-state index is 11.5. The lowest BCUT2D eigenvalue weighted by molar-refractivity contribution is -0.148. The molecule has 1 fully saturated rings. The molecule has 5 nitrogen and oxygen atoms in total. The Morgan fingerprint density at radius 3 is 2.27 bits per heavy atom. The molecule has 0 N–H and O–H groups in total. The second-order valence-electron chi connectivity index (χ2n) is 4.72. The maximum Gasteiger partial charge on any atom is 0.410 e. The topological polar surface area (TPSA) is 55.8 Å². The molecule has 1 saturated heterocycles. The van der Waals surface area contributed by atoms with Gasteiger partial charge in [-0.1, -0.05) is 0 Å². The van der Waals surface area contributed by atoms with Gasteiger partial charge in [-0.25, -0.2) is 4.79 Å². The van der Waals surface area contributed by atoms with Gasteiger partial charge in [0.1, 0.15) is 5.60 Å². The standard InChI is InChI=1S/C10H17NO4/c1-9(2,3)15-8(13)11-5-10(6-11,7-12)14-4/h7H,5-6H2,1-4H3. The van der Waals surface area contributed by atoms with Crippen molar-refractivity contribution in [2.75, 3.05) is 20.2 Å². The van der Waals surface area contributed by atoms with Crippen LogP contribution in [0.3, 0.4) is 0 Å². The molecule has 1 aliphatic heterocycles. The van der Waals surface area contributed by atoms with Crippen LogP contribution in [0.15, 0.2) is 0 Å². The third-order valence-corrected chi connectivity index (χ3v) is 2.19. The predicted molar refractivity (Wildman–Crippen MR) is 53.6 cm³/mol. The molecule has 1 amide bonds. The van der Waals surface area contributed by atoms with Gasteiger partial charge >= 0.3 is 6.09 Å². The van der Waals surface area contributed by atoms with E-state index in [2.05, 4.69) is 0 Å². The van der Waals surface area contributed by atoms with Crippen LogP contribution in [0.5, 0.6) is 0 Å². The maximum absolute atomic E-state index is 11.5. The van der Waals surface area contributed by atoms with E-state index in [1.54, 1.807) is 20.8 Å². The number of rotatable bonds is 2. The summed E-state index contributed by atoms with van der Waals surface area (Å²) in [6.45, 7) is 5.93. The van der Waals surface area contributed by atoms with E-state index >= 15 is 0 Å². The summed E-state index contributed by atoms with van der Waals surface area (Å²) in [7, 11) is 1.46. The molecular formula is C10H17NO4. The minimum atomic E-state index is -0.823. The van der Waals surface area contributed by atoms with Crippen molar-refractivity contribution >= 4 is 12.4 Å². The summed E-state index contributed by atoms with van der Waals surface area (Å²) in [5.41, 5.74) is -1.33. The molecule has 1 aliphatic rings. The van der Waals surface area contributed by atoms with Gasteiger partial charge in [0, 0.05) is 7.11 Å². The molecule has 0 aromatic heterocycles. The number of methoxy groups -OCH3 is 1. The first-order valence-corrected chi connectivity index (χ1v) is 4.81. The lowest BCUT2D eigenvalue weighted by atomic mass is 9.96. The zero-order valence-corrected chi connectivity index (χ0v) is 9.57. The lowest BCUT2D eigenvalue weighted by Gasteiger charge is -2.45. The molecule has 5 heteroatoms. The van der Waals surface area contributed by atoms with Gasteiger partial charge < -0.3 is 14.4 Å². The Labute approximate surface area is 89.3 Å².